The minimum Gasteiger partial charge on any atom is -0.340 e. The maximum Gasteiger partial charge on any atom is 0.253 e. The number of benzene rings is 2. The highest BCUT2D eigenvalue weighted by Gasteiger charge is 2.28. The lowest BCUT2D eigenvalue weighted by molar-refractivity contribution is 0.0785. The molecule has 0 radical (unpaired) electrons. The summed E-state index contributed by atoms with van der Waals surface area (Å²) in [5.41, 5.74) is 6.67. The summed E-state index contributed by atoms with van der Waals surface area (Å²) in [7, 11) is 4.17. The van der Waals surface area contributed by atoms with E-state index in [4.69, 9.17) is 5.26 Å². The molecule has 36 heavy (non-hydrogen) atoms. The van der Waals surface area contributed by atoms with Crippen molar-refractivity contribution >= 4 is 5.91 Å². The van der Waals surface area contributed by atoms with Gasteiger partial charge in [0.15, 0.2) is 5.82 Å². The summed E-state index contributed by atoms with van der Waals surface area (Å²) in [5.74, 6) is 1.51. The highest BCUT2D eigenvalue weighted by Crippen LogP contribution is 2.34. The van der Waals surface area contributed by atoms with Gasteiger partial charge in [-0.05, 0) is 74.0 Å². The van der Waals surface area contributed by atoms with Gasteiger partial charge >= 0.3 is 0 Å². The smallest absolute Gasteiger partial charge is 0.253 e. The first-order valence-electron chi connectivity index (χ1n) is 12.3. The molecule has 1 saturated heterocycles. The molecule has 6 rings (SSSR count). The summed E-state index contributed by atoms with van der Waals surface area (Å²) in [6.07, 6.45) is 6.98. The van der Waals surface area contributed by atoms with E-state index in [-0.39, 0.29) is 5.91 Å². The van der Waals surface area contributed by atoms with Gasteiger partial charge in [0.25, 0.3) is 5.91 Å². The highest BCUT2D eigenvalue weighted by molar-refractivity contribution is 5.95. The molecule has 2 aliphatic rings. The quantitative estimate of drug-likeness (QED) is 0.389. The molecule has 7 nitrogen and oxygen atoms in total. The lowest BCUT2D eigenvalue weighted by Gasteiger charge is -2.19. The van der Waals surface area contributed by atoms with Crippen LogP contribution in [-0.4, -0.2) is 63.6 Å². The standard InChI is InChI=1S/C29H28N6O/c1-32(2)16-21-9-11-33(17-21)29(36)23-7-8-26-25(13-23)19-34-18-24(22-5-3-20(15-30)4-6-22)14-27(34)28-31-10-12-35(26)28/h3-8,10,12-14,18,21H,9,11,16-17,19H2,1-2H3. The molecule has 0 bridgehead atoms. The molecule has 0 spiro atoms. The second-order valence-electron chi connectivity index (χ2n) is 10.1. The molecule has 1 atom stereocenters. The van der Waals surface area contributed by atoms with Crippen LogP contribution in [0.2, 0.25) is 0 Å². The van der Waals surface area contributed by atoms with E-state index in [2.05, 4.69) is 63.6 Å². The molecule has 4 heterocycles. The van der Waals surface area contributed by atoms with Crippen LogP contribution in [-0.2, 0) is 6.54 Å². The van der Waals surface area contributed by atoms with Crippen LogP contribution in [0.15, 0.2) is 67.1 Å². The largest absolute Gasteiger partial charge is 0.340 e. The Kier molecular flexibility index (Phi) is 5.46. The molecule has 2 aromatic carbocycles. The van der Waals surface area contributed by atoms with Crippen molar-refractivity contribution in [3.8, 4) is 34.4 Å². The van der Waals surface area contributed by atoms with Crippen LogP contribution in [0.1, 0.15) is 27.9 Å². The third-order valence-corrected chi connectivity index (χ3v) is 7.24. The van der Waals surface area contributed by atoms with Crippen molar-refractivity contribution in [3.63, 3.8) is 0 Å². The Hall–Kier alpha value is -4.15. The molecule has 1 unspecified atom stereocenters. The number of carbonyl (C=O) groups is 1. The van der Waals surface area contributed by atoms with Gasteiger partial charge in [-0.3, -0.25) is 9.36 Å². The van der Waals surface area contributed by atoms with Gasteiger partial charge in [0, 0.05) is 55.9 Å². The summed E-state index contributed by atoms with van der Waals surface area (Å²) < 4.78 is 4.31. The van der Waals surface area contributed by atoms with Crippen LogP contribution >= 0.6 is 0 Å². The van der Waals surface area contributed by atoms with Crippen molar-refractivity contribution in [1.82, 2.24) is 23.9 Å². The van der Waals surface area contributed by atoms with E-state index >= 15 is 0 Å². The average Bonchev–Trinajstić information content (AvgIpc) is 3.62. The third-order valence-electron chi connectivity index (χ3n) is 7.24. The zero-order chi connectivity index (χ0) is 24.8. The van der Waals surface area contributed by atoms with E-state index in [9.17, 15) is 4.79 Å². The molecule has 1 amide bonds. The van der Waals surface area contributed by atoms with E-state index in [1.165, 1.54) is 0 Å². The van der Waals surface area contributed by atoms with Crippen molar-refractivity contribution < 1.29 is 4.79 Å². The Balaban J connectivity index is 1.33. The maximum atomic E-state index is 13.4. The fourth-order valence-electron chi connectivity index (χ4n) is 5.54. The fraction of sp³-hybridized carbons (Fsp3) is 0.276. The van der Waals surface area contributed by atoms with E-state index in [1.807, 2.05) is 47.6 Å². The topological polar surface area (TPSA) is 70.1 Å². The predicted molar refractivity (Wildman–Crippen MR) is 139 cm³/mol. The molecule has 0 aliphatic carbocycles. The lowest BCUT2D eigenvalue weighted by atomic mass is 10.1. The molecule has 2 aliphatic heterocycles. The second kappa shape index (κ2) is 8.81. The molecule has 180 valence electrons. The molecular weight excluding hydrogens is 448 g/mol. The number of nitriles is 1. The number of imidazole rings is 1. The van der Waals surface area contributed by atoms with Crippen LogP contribution < -0.4 is 0 Å². The first-order chi connectivity index (χ1) is 17.5. The number of amides is 1. The van der Waals surface area contributed by atoms with Gasteiger partial charge in [-0.2, -0.15) is 5.26 Å². The van der Waals surface area contributed by atoms with Gasteiger partial charge in [0.1, 0.15) is 0 Å². The van der Waals surface area contributed by atoms with Crippen LogP contribution in [0.25, 0.3) is 28.3 Å². The van der Waals surface area contributed by atoms with Crippen molar-refractivity contribution in [1.29, 1.82) is 5.26 Å². The van der Waals surface area contributed by atoms with Crippen LogP contribution in [0.5, 0.6) is 0 Å². The minimum atomic E-state index is 0.111. The Labute approximate surface area is 210 Å². The second-order valence-corrected chi connectivity index (χ2v) is 10.1. The predicted octanol–water partition coefficient (Wildman–Crippen LogP) is 4.26. The Morgan fingerprint density at radius 3 is 2.75 bits per heavy atom. The van der Waals surface area contributed by atoms with Crippen LogP contribution in [0.4, 0.5) is 0 Å². The summed E-state index contributed by atoms with van der Waals surface area (Å²) in [5, 5.41) is 9.13. The minimum absolute atomic E-state index is 0.111. The molecule has 4 aromatic rings. The Bertz CT molecular complexity index is 1490. The highest BCUT2D eigenvalue weighted by atomic mass is 16.2. The van der Waals surface area contributed by atoms with Crippen LogP contribution in [0, 0.1) is 17.2 Å². The SMILES string of the molecule is CN(C)CC1CCN(C(=O)c2ccc3c(c2)Cn2cc(-c4ccc(C#N)cc4)cc2-c2nccn2-3)C1. The van der Waals surface area contributed by atoms with Gasteiger partial charge in [0.05, 0.1) is 23.0 Å². The first kappa shape index (κ1) is 22.3. The number of rotatable bonds is 4. The van der Waals surface area contributed by atoms with Gasteiger partial charge in [-0.15, -0.1) is 0 Å². The van der Waals surface area contributed by atoms with E-state index in [1.54, 1.807) is 0 Å². The number of hydrogen-bond acceptors (Lipinski definition) is 4. The number of nitrogens with zero attached hydrogens (tertiary/aromatic N) is 6. The molecular formula is C29H28N6O. The molecule has 0 N–H and O–H groups in total. The van der Waals surface area contributed by atoms with Gasteiger partial charge < -0.3 is 14.4 Å². The lowest BCUT2D eigenvalue weighted by Crippen LogP contribution is -2.30. The van der Waals surface area contributed by atoms with Crippen molar-refractivity contribution in [3.05, 3.63) is 83.8 Å². The molecule has 1 fully saturated rings. The fourth-order valence-corrected chi connectivity index (χ4v) is 5.54. The van der Waals surface area contributed by atoms with E-state index in [0.29, 0.717) is 18.0 Å². The molecule has 0 saturated carbocycles. The third kappa shape index (κ3) is 3.90. The summed E-state index contributed by atoms with van der Waals surface area (Å²) >= 11 is 0. The Morgan fingerprint density at radius 1 is 1.14 bits per heavy atom. The molecule has 7 heteroatoms. The van der Waals surface area contributed by atoms with E-state index < -0.39 is 0 Å². The maximum absolute atomic E-state index is 13.4. The summed E-state index contributed by atoms with van der Waals surface area (Å²) in [4.78, 5) is 22.3. The van der Waals surface area contributed by atoms with Crippen molar-refractivity contribution in [2.45, 2.75) is 13.0 Å². The zero-order valence-corrected chi connectivity index (χ0v) is 20.6. The van der Waals surface area contributed by atoms with Gasteiger partial charge in [-0.25, -0.2) is 4.98 Å². The normalized spacial score (nSPS) is 16.3. The number of aromatic nitrogens is 3. The number of likely N-dealkylation sites (tertiary alicyclic amines) is 1. The average molecular weight is 477 g/mol. The zero-order valence-electron chi connectivity index (χ0n) is 20.6. The number of carbonyl (C=O) groups excluding carboxylic acids is 1. The van der Waals surface area contributed by atoms with Crippen molar-refractivity contribution in [2.24, 2.45) is 5.92 Å². The summed E-state index contributed by atoms with van der Waals surface area (Å²) in [6, 6.07) is 18.0. The van der Waals surface area contributed by atoms with Crippen molar-refractivity contribution in [2.75, 3.05) is 33.7 Å². The van der Waals surface area contributed by atoms with Gasteiger partial charge in [0.2, 0.25) is 0 Å². The van der Waals surface area contributed by atoms with E-state index in [0.717, 1.165) is 65.5 Å². The number of fused-ring (bicyclic) bond motifs is 5. The van der Waals surface area contributed by atoms with Gasteiger partial charge in [-0.1, -0.05) is 12.1 Å². The van der Waals surface area contributed by atoms with Crippen LogP contribution in [0.3, 0.4) is 0 Å². The molecule has 2 aromatic heterocycles. The Morgan fingerprint density at radius 2 is 1.97 bits per heavy atom. The first-order valence-corrected chi connectivity index (χ1v) is 12.3. The summed E-state index contributed by atoms with van der Waals surface area (Å²) in [6.45, 7) is 3.29. The number of hydrogen-bond donors (Lipinski definition) is 0. The monoisotopic (exact) mass is 476 g/mol.